The number of rotatable bonds is 3. The molecule has 0 aromatic carbocycles. The van der Waals surface area contributed by atoms with Crippen molar-refractivity contribution < 1.29 is 5.11 Å². The van der Waals surface area contributed by atoms with Crippen molar-refractivity contribution in [1.29, 1.82) is 0 Å². The lowest BCUT2D eigenvalue weighted by molar-refractivity contribution is 0.286. The highest BCUT2D eigenvalue weighted by atomic mass is 16.3. The van der Waals surface area contributed by atoms with E-state index >= 15 is 0 Å². The summed E-state index contributed by atoms with van der Waals surface area (Å²) in [6.07, 6.45) is 3.11. The van der Waals surface area contributed by atoms with Crippen LogP contribution in [0.25, 0.3) is 0 Å². The molecule has 0 saturated carbocycles. The summed E-state index contributed by atoms with van der Waals surface area (Å²) in [4.78, 5) is 2.26. The van der Waals surface area contributed by atoms with Gasteiger partial charge >= 0.3 is 0 Å². The third-order valence-electron chi connectivity index (χ3n) is 1.99. The summed E-state index contributed by atoms with van der Waals surface area (Å²) < 4.78 is 0. The summed E-state index contributed by atoms with van der Waals surface area (Å²) >= 11 is 0. The summed E-state index contributed by atoms with van der Waals surface area (Å²) in [5, 5.41) is 9.08. The maximum absolute atomic E-state index is 9.08. The van der Waals surface area contributed by atoms with Crippen molar-refractivity contribution in [2.75, 3.05) is 19.6 Å². The van der Waals surface area contributed by atoms with Crippen LogP contribution < -0.4 is 0 Å². The molecule has 0 fully saturated rings. The third-order valence-corrected chi connectivity index (χ3v) is 1.99. The van der Waals surface area contributed by atoms with E-state index in [9.17, 15) is 0 Å². The molecule has 0 aliphatic carbocycles. The topological polar surface area (TPSA) is 23.5 Å². The highest BCUT2D eigenvalue weighted by Crippen LogP contribution is 2.08. The standard InChI is InChI=1S/C9H17NO/c1-8(2)3-5-10-6-4-9(11)7-10/h4,8,11H,3,5-7H2,1-2H3. The molecule has 0 unspecified atom stereocenters. The third kappa shape index (κ3) is 2.93. The van der Waals surface area contributed by atoms with Crippen LogP contribution in [0.2, 0.25) is 0 Å². The summed E-state index contributed by atoms with van der Waals surface area (Å²) in [7, 11) is 0. The van der Waals surface area contributed by atoms with Crippen LogP contribution >= 0.6 is 0 Å². The van der Waals surface area contributed by atoms with Crippen LogP contribution in [0.1, 0.15) is 20.3 Å². The molecule has 1 aliphatic rings. The Balaban J connectivity index is 2.11. The Morgan fingerprint density at radius 1 is 1.64 bits per heavy atom. The summed E-state index contributed by atoms with van der Waals surface area (Å²) in [6.45, 7) is 7.25. The quantitative estimate of drug-likeness (QED) is 0.671. The van der Waals surface area contributed by atoms with E-state index in [2.05, 4.69) is 18.7 Å². The predicted octanol–water partition coefficient (Wildman–Crippen LogP) is 1.79. The molecule has 0 bridgehead atoms. The normalized spacial score (nSPS) is 19.4. The van der Waals surface area contributed by atoms with Gasteiger partial charge in [0.1, 0.15) is 5.76 Å². The van der Waals surface area contributed by atoms with Gasteiger partial charge in [0.15, 0.2) is 0 Å². The van der Waals surface area contributed by atoms with Crippen LogP contribution in [0.5, 0.6) is 0 Å². The molecule has 11 heavy (non-hydrogen) atoms. The van der Waals surface area contributed by atoms with Crippen LogP contribution in [0.3, 0.4) is 0 Å². The molecule has 1 N–H and O–H groups in total. The van der Waals surface area contributed by atoms with Gasteiger partial charge in [-0.3, -0.25) is 4.90 Å². The largest absolute Gasteiger partial charge is 0.511 e. The molecule has 0 saturated heterocycles. The first kappa shape index (κ1) is 8.60. The Kier molecular flexibility index (Phi) is 2.94. The average Bonchev–Trinajstić information content (AvgIpc) is 2.31. The highest BCUT2D eigenvalue weighted by molar-refractivity contribution is 5.02. The lowest BCUT2D eigenvalue weighted by atomic mass is 10.1. The van der Waals surface area contributed by atoms with Crippen molar-refractivity contribution in [3.63, 3.8) is 0 Å². The van der Waals surface area contributed by atoms with Gasteiger partial charge in [0.05, 0.1) is 6.54 Å². The molecule has 1 heterocycles. The van der Waals surface area contributed by atoms with Crippen molar-refractivity contribution in [2.45, 2.75) is 20.3 Å². The van der Waals surface area contributed by atoms with Crippen molar-refractivity contribution in [3.05, 3.63) is 11.8 Å². The van der Waals surface area contributed by atoms with Crippen LogP contribution in [-0.4, -0.2) is 29.6 Å². The van der Waals surface area contributed by atoms with Gasteiger partial charge in [-0.25, -0.2) is 0 Å². The minimum absolute atomic E-state index is 0.536. The number of aliphatic hydroxyl groups excluding tert-OH is 1. The molecule has 0 atom stereocenters. The molecule has 0 spiro atoms. The molecular weight excluding hydrogens is 138 g/mol. The minimum Gasteiger partial charge on any atom is -0.511 e. The maximum atomic E-state index is 9.08. The first-order chi connectivity index (χ1) is 5.18. The van der Waals surface area contributed by atoms with Crippen molar-refractivity contribution in [1.82, 2.24) is 4.90 Å². The number of hydrogen-bond donors (Lipinski definition) is 1. The Morgan fingerprint density at radius 3 is 2.82 bits per heavy atom. The second-order valence-electron chi connectivity index (χ2n) is 3.61. The molecule has 2 heteroatoms. The van der Waals surface area contributed by atoms with Crippen LogP contribution in [0.15, 0.2) is 11.8 Å². The lowest BCUT2D eigenvalue weighted by Crippen LogP contribution is -2.23. The molecule has 2 nitrogen and oxygen atoms in total. The molecule has 64 valence electrons. The molecule has 0 amide bonds. The van der Waals surface area contributed by atoms with E-state index in [1.807, 2.05) is 6.08 Å². The van der Waals surface area contributed by atoms with Crippen LogP contribution in [-0.2, 0) is 0 Å². The zero-order chi connectivity index (χ0) is 8.27. The Hall–Kier alpha value is -0.500. The van der Waals surface area contributed by atoms with Gasteiger partial charge < -0.3 is 5.11 Å². The molecule has 0 aromatic heterocycles. The van der Waals surface area contributed by atoms with E-state index < -0.39 is 0 Å². The van der Waals surface area contributed by atoms with E-state index in [0.717, 1.165) is 25.6 Å². The fourth-order valence-corrected chi connectivity index (χ4v) is 1.20. The summed E-state index contributed by atoms with van der Waals surface area (Å²) in [5.74, 6) is 1.30. The predicted molar refractivity (Wildman–Crippen MR) is 46.6 cm³/mol. The Morgan fingerprint density at radius 2 is 2.36 bits per heavy atom. The number of hydrogen-bond acceptors (Lipinski definition) is 2. The fourth-order valence-electron chi connectivity index (χ4n) is 1.20. The van der Waals surface area contributed by atoms with Crippen LogP contribution in [0, 0.1) is 5.92 Å². The molecule has 0 aromatic rings. The van der Waals surface area contributed by atoms with Gasteiger partial charge in [0, 0.05) is 6.54 Å². The smallest absolute Gasteiger partial charge is 0.104 e. The van der Waals surface area contributed by atoms with E-state index in [4.69, 9.17) is 5.11 Å². The monoisotopic (exact) mass is 155 g/mol. The minimum atomic E-state index is 0.536. The molecule has 1 rings (SSSR count). The van der Waals surface area contributed by atoms with E-state index in [-0.39, 0.29) is 0 Å². The number of aliphatic hydroxyl groups is 1. The van der Waals surface area contributed by atoms with E-state index in [1.165, 1.54) is 6.42 Å². The van der Waals surface area contributed by atoms with Gasteiger partial charge in [0.25, 0.3) is 0 Å². The Bertz CT molecular complexity index is 152. The second kappa shape index (κ2) is 3.77. The summed E-state index contributed by atoms with van der Waals surface area (Å²) in [5.41, 5.74) is 0. The van der Waals surface area contributed by atoms with E-state index in [1.54, 1.807) is 0 Å². The van der Waals surface area contributed by atoms with Gasteiger partial charge in [-0.2, -0.15) is 0 Å². The highest BCUT2D eigenvalue weighted by Gasteiger charge is 2.12. The van der Waals surface area contributed by atoms with Crippen molar-refractivity contribution >= 4 is 0 Å². The second-order valence-corrected chi connectivity index (χ2v) is 3.61. The average molecular weight is 155 g/mol. The zero-order valence-corrected chi connectivity index (χ0v) is 7.38. The Labute approximate surface area is 68.5 Å². The first-order valence-electron chi connectivity index (χ1n) is 4.29. The van der Waals surface area contributed by atoms with Crippen molar-refractivity contribution in [2.24, 2.45) is 5.92 Å². The van der Waals surface area contributed by atoms with E-state index in [0.29, 0.717) is 5.76 Å². The lowest BCUT2D eigenvalue weighted by Gasteiger charge is -2.15. The van der Waals surface area contributed by atoms with Gasteiger partial charge in [-0.1, -0.05) is 13.8 Å². The van der Waals surface area contributed by atoms with Gasteiger partial charge in [0.2, 0.25) is 0 Å². The molecular formula is C9H17NO. The van der Waals surface area contributed by atoms with Gasteiger partial charge in [-0.15, -0.1) is 0 Å². The summed E-state index contributed by atoms with van der Waals surface area (Å²) in [6, 6.07) is 0. The van der Waals surface area contributed by atoms with Gasteiger partial charge in [-0.05, 0) is 25.0 Å². The fraction of sp³-hybridized carbons (Fsp3) is 0.778. The molecule has 1 aliphatic heterocycles. The first-order valence-corrected chi connectivity index (χ1v) is 4.29. The zero-order valence-electron chi connectivity index (χ0n) is 7.38. The SMILES string of the molecule is CC(C)CCN1CC=C(O)C1. The van der Waals surface area contributed by atoms with Crippen LogP contribution in [0.4, 0.5) is 0 Å². The molecule has 0 radical (unpaired) electrons. The number of nitrogens with zero attached hydrogens (tertiary/aromatic N) is 1. The maximum Gasteiger partial charge on any atom is 0.104 e. The van der Waals surface area contributed by atoms with Crippen molar-refractivity contribution in [3.8, 4) is 0 Å².